The van der Waals surface area contributed by atoms with Gasteiger partial charge in [-0.25, -0.2) is 9.64 Å². The zero-order chi connectivity index (χ0) is 25.9. The maximum absolute atomic E-state index is 12.7. The van der Waals surface area contributed by atoms with Gasteiger partial charge in [-0.15, -0.1) is 0 Å². The SMILES string of the molecule is [C-]#[N+]c1c(-c2ccc(Oc3ccccc3)cc2)nn(C[C@@H]2CCCN2C(=O)OC(C)(C)C)c1C(C)=O. The first-order valence-electron chi connectivity index (χ1n) is 12.0. The van der Waals surface area contributed by atoms with Crippen LogP contribution >= 0.6 is 0 Å². The van der Waals surface area contributed by atoms with E-state index in [1.165, 1.54) is 6.92 Å². The van der Waals surface area contributed by atoms with Gasteiger partial charge in [0.25, 0.3) is 0 Å². The molecule has 0 saturated carbocycles. The van der Waals surface area contributed by atoms with Crippen molar-refractivity contribution >= 4 is 17.6 Å². The molecule has 0 unspecified atom stereocenters. The molecular formula is C28H30N4O4. The summed E-state index contributed by atoms with van der Waals surface area (Å²) in [6.45, 7) is 15.6. The highest BCUT2D eigenvalue weighted by Gasteiger charge is 2.34. The Morgan fingerprint density at radius 2 is 1.75 bits per heavy atom. The van der Waals surface area contributed by atoms with Gasteiger partial charge >= 0.3 is 6.09 Å². The number of aromatic nitrogens is 2. The lowest BCUT2D eigenvalue weighted by molar-refractivity contribution is 0.0211. The highest BCUT2D eigenvalue weighted by atomic mass is 16.6. The number of hydrogen-bond donors (Lipinski definition) is 0. The molecular weight excluding hydrogens is 456 g/mol. The average Bonchev–Trinajstić information content (AvgIpc) is 3.44. The molecule has 2 heterocycles. The summed E-state index contributed by atoms with van der Waals surface area (Å²) in [5.74, 6) is 1.13. The van der Waals surface area contributed by atoms with Gasteiger partial charge in [-0.3, -0.25) is 9.48 Å². The standard InChI is InChI=1S/C28H30N4O4/c1-19(33)26-25(29-5)24(20-13-15-23(16-14-20)35-22-11-7-6-8-12-22)30-32(26)18-21-10-9-17-31(21)27(34)36-28(2,3)4/h6-8,11-16,21H,9-10,17-18H2,1-4H3/t21-/m0/s1. The van der Waals surface area contributed by atoms with Crippen molar-refractivity contribution in [2.24, 2.45) is 0 Å². The molecule has 8 nitrogen and oxygen atoms in total. The molecule has 2 aromatic carbocycles. The summed E-state index contributed by atoms with van der Waals surface area (Å²) >= 11 is 0. The Hall–Kier alpha value is -4.12. The molecule has 0 radical (unpaired) electrons. The van der Waals surface area contributed by atoms with Gasteiger partial charge in [0.2, 0.25) is 5.69 Å². The van der Waals surface area contributed by atoms with Gasteiger partial charge in [-0.1, -0.05) is 30.3 Å². The Bertz CT molecular complexity index is 1280. The molecule has 1 aliphatic rings. The van der Waals surface area contributed by atoms with Gasteiger partial charge in [0.05, 0.1) is 24.9 Å². The van der Waals surface area contributed by atoms with E-state index in [9.17, 15) is 9.59 Å². The molecule has 0 N–H and O–H groups in total. The summed E-state index contributed by atoms with van der Waals surface area (Å²) in [5.41, 5.74) is 1.00. The van der Waals surface area contributed by atoms with Gasteiger partial charge in [0, 0.05) is 6.54 Å². The first kappa shape index (κ1) is 25.0. The fraction of sp³-hybridized carbons (Fsp3) is 0.357. The number of rotatable bonds is 6. The van der Waals surface area contributed by atoms with Crippen molar-refractivity contribution in [3.8, 4) is 22.8 Å². The van der Waals surface area contributed by atoms with E-state index in [2.05, 4.69) is 9.94 Å². The Morgan fingerprint density at radius 3 is 2.36 bits per heavy atom. The molecule has 0 spiro atoms. The largest absolute Gasteiger partial charge is 0.457 e. The topological polar surface area (TPSA) is 78.0 Å². The summed E-state index contributed by atoms with van der Waals surface area (Å²) in [6, 6.07) is 16.6. The third kappa shape index (κ3) is 5.57. The van der Waals surface area contributed by atoms with E-state index in [4.69, 9.17) is 16.0 Å². The molecule has 36 heavy (non-hydrogen) atoms. The van der Waals surface area contributed by atoms with Crippen molar-refractivity contribution in [1.29, 1.82) is 0 Å². The van der Waals surface area contributed by atoms with Gasteiger partial charge in [0.1, 0.15) is 22.8 Å². The summed E-state index contributed by atoms with van der Waals surface area (Å²) in [7, 11) is 0. The molecule has 3 aromatic rings. The fourth-order valence-corrected chi connectivity index (χ4v) is 4.32. The molecule has 1 atom stereocenters. The minimum absolute atomic E-state index is 0.175. The Kier molecular flexibility index (Phi) is 7.11. The van der Waals surface area contributed by atoms with E-state index < -0.39 is 5.60 Å². The molecule has 1 amide bonds. The van der Waals surface area contributed by atoms with Crippen molar-refractivity contribution in [3.05, 3.63) is 71.7 Å². The van der Waals surface area contributed by atoms with Crippen LogP contribution in [0.1, 0.15) is 51.0 Å². The van der Waals surface area contributed by atoms with Crippen LogP contribution in [-0.2, 0) is 11.3 Å². The van der Waals surface area contributed by atoms with E-state index in [1.807, 2.05) is 75.4 Å². The monoisotopic (exact) mass is 486 g/mol. The molecule has 1 aromatic heterocycles. The van der Waals surface area contributed by atoms with Crippen LogP contribution < -0.4 is 4.74 Å². The Balaban J connectivity index is 1.61. The molecule has 0 aliphatic carbocycles. The maximum Gasteiger partial charge on any atom is 0.410 e. The fourth-order valence-electron chi connectivity index (χ4n) is 4.32. The lowest BCUT2D eigenvalue weighted by atomic mass is 10.1. The maximum atomic E-state index is 12.7. The zero-order valence-corrected chi connectivity index (χ0v) is 21.0. The number of ketones is 1. The van der Waals surface area contributed by atoms with Gasteiger partial charge < -0.3 is 14.4 Å². The summed E-state index contributed by atoms with van der Waals surface area (Å²) in [6.07, 6.45) is 1.23. The quantitative estimate of drug-likeness (QED) is 0.294. The third-order valence-electron chi connectivity index (χ3n) is 5.87. The molecule has 8 heteroatoms. The summed E-state index contributed by atoms with van der Waals surface area (Å²) < 4.78 is 13.0. The lowest BCUT2D eigenvalue weighted by Gasteiger charge is -2.28. The second-order valence-corrected chi connectivity index (χ2v) is 9.81. The van der Waals surface area contributed by atoms with Crippen molar-refractivity contribution in [1.82, 2.24) is 14.7 Å². The van der Waals surface area contributed by atoms with Crippen LogP contribution in [0, 0.1) is 6.57 Å². The van der Waals surface area contributed by atoms with Crippen LogP contribution in [0.2, 0.25) is 0 Å². The second-order valence-electron chi connectivity index (χ2n) is 9.81. The normalized spacial score (nSPS) is 15.4. The number of nitrogens with zero attached hydrogens (tertiary/aromatic N) is 4. The zero-order valence-electron chi connectivity index (χ0n) is 21.0. The van der Waals surface area contributed by atoms with Crippen LogP contribution in [-0.4, -0.2) is 44.7 Å². The first-order valence-corrected chi connectivity index (χ1v) is 12.0. The van der Waals surface area contributed by atoms with Crippen LogP contribution in [0.15, 0.2) is 54.6 Å². The number of hydrogen-bond acceptors (Lipinski definition) is 5. The molecule has 1 aliphatic heterocycles. The third-order valence-corrected chi connectivity index (χ3v) is 5.87. The van der Waals surface area contributed by atoms with Crippen molar-refractivity contribution in [2.45, 2.75) is 58.7 Å². The predicted octanol–water partition coefficient (Wildman–Crippen LogP) is 6.50. The van der Waals surface area contributed by atoms with Crippen LogP contribution in [0.4, 0.5) is 10.5 Å². The van der Waals surface area contributed by atoms with E-state index in [0.29, 0.717) is 30.1 Å². The van der Waals surface area contributed by atoms with Gasteiger partial charge in [-0.05, 0) is 70.4 Å². The Labute approximate surface area is 211 Å². The molecule has 1 saturated heterocycles. The number of ether oxygens (including phenoxy) is 2. The van der Waals surface area contributed by atoms with Crippen LogP contribution in [0.25, 0.3) is 16.1 Å². The summed E-state index contributed by atoms with van der Waals surface area (Å²) in [5, 5.41) is 4.68. The smallest absolute Gasteiger partial charge is 0.410 e. The molecule has 1 fully saturated rings. The Morgan fingerprint density at radius 1 is 1.08 bits per heavy atom. The molecule has 186 valence electrons. The van der Waals surface area contributed by atoms with Gasteiger partial charge in [0.15, 0.2) is 5.78 Å². The number of benzene rings is 2. The predicted molar refractivity (Wildman–Crippen MR) is 136 cm³/mol. The minimum atomic E-state index is -0.596. The lowest BCUT2D eigenvalue weighted by Crippen LogP contribution is -2.41. The van der Waals surface area contributed by atoms with E-state index in [0.717, 1.165) is 18.6 Å². The van der Waals surface area contributed by atoms with Crippen LogP contribution in [0.5, 0.6) is 11.5 Å². The highest BCUT2D eigenvalue weighted by Crippen LogP contribution is 2.35. The molecule has 4 rings (SSSR count). The number of amides is 1. The van der Waals surface area contributed by atoms with Gasteiger partial charge in [-0.2, -0.15) is 5.10 Å². The van der Waals surface area contributed by atoms with Crippen molar-refractivity contribution < 1.29 is 19.1 Å². The van der Waals surface area contributed by atoms with E-state index in [1.54, 1.807) is 9.58 Å². The number of carbonyl (C=O) groups is 2. The summed E-state index contributed by atoms with van der Waals surface area (Å²) in [4.78, 5) is 30.7. The number of likely N-dealkylation sites (tertiary alicyclic amines) is 1. The van der Waals surface area contributed by atoms with Crippen LogP contribution in [0.3, 0.4) is 0 Å². The number of carbonyl (C=O) groups excluding carboxylic acids is 2. The molecule has 0 bridgehead atoms. The average molecular weight is 487 g/mol. The number of Topliss-reactive ketones (excluding diaryl/α,β-unsaturated/α-hetero) is 1. The highest BCUT2D eigenvalue weighted by molar-refractivity contribution is 6.01. The number of para-hydroxylation sites is 1. The van der Waals surface area contributed by atoms with Crippen molar-refractivity contribution in [2.75, 3.05) is 6.54 Å². The first-order chi connectivity index (χ1) is 17.2. The second kappa shape index (κ2) is 10.2. The minimum Gasteiger partial charge on any atom is -0.457 e. The van der Waals surface area contributed by atoms with E-state index in [-0.39, 0.29) is 29.3 Å². The van der Waals surface area contributed by atoms with Crippen molar-refractivity contribution in [3.63, 3.8) is 0 Å². The van der Waals surface area contributed by atoms with E-state index >= 15 is 0 Å².